The largest absolute Gasteiger partial charge is 0.465 e. The fourth-order valence-electron chi connectivity index (χ4n) is 2.85. The smallest absolute Gasteiger partial charge is 0.408 e. The van der Waals surface area contributed by atoms with E-state index in [0.717, 1.165) is 8.96 Å². The van der Waals surface area contributed by atoms with Crippen molar-refractivity contribution in [1.29, 1.82) is 0 Å². The van der Waals surface area contributed by atoms with E-state index in [1.165, 1.54) is 11.2 Å². The van der Waals surface area contributed by atoms with Crippen molar-refractivity contribution in [3.05, 3.63) is 33.9 Å². The Balaban J connectivity index is 2.47. The van der Waals surface area contributed by atoms with Crippen LogP contribution in [0.3, 0.4) is 0 Å². The van der Waals surface area contributed by atoms with Crippen LogP contribution in [-0.2, 0) is 6.54 Å². The maximum Gasteiger partial charge on any atom is 0.408 e. The number of carboxylic acid groups (broad SMARTS) is 1. The van der Waals surface area contributed by atoms with Crippen LogP contribution in [0.15, 0.2) is 25.2 Å². The highest BCUT2D eigenvalue weighted by Crippen LogP contribution is 2.28. The van der Waals surface area contributed by atoms with Crippen molar-refractivity contribution >= 4 is 51.3 Å². The molecule has 0 saturated carbocycles. The zero-order valence-corrected chi connectivity index (χ0v) is 16.7. The highest BCUT2D eigenvalue weighted by Gasteiger charge is 2.33. The van der Waals surface area contributed by atoms with Gasteiger partial charge in [-0.2, -0.15) is 0 Å². The molecular weight excluding hydrogens is 443 g/mol. The van der Waals surface area contributed by atoms with Crippen LogP contribution in [0.1, 0.15) is 27.2 Å². The number of carbonyl (C=O) groups is 1. The number of amides is 1. The van der Waals surface area contributed by atoms with Crippen LogP contribution >= 0.6 is 34.2 Å². The predicted octanol–water partition coefficient (Wildman–Crippen LogP) is 4.41. The van der Waals surface area contributed by atoms with Crippen LogP contribution in [0, 0.1) is 3.57 Å². The summed E-state index contributed by atoms with van der Waals surface area (Å²) in [6.45, 7) is 9.88. The van der Waals surface area contributed by atoms with Gasteiger partial charge in [-0.05, 0) is 49.8 Å². The quantitative estimate of drug-likeness (QED) is 0.406. The van der Waals surface area contributed by atoms with E-state index in [4.69, 9.17) is 11.6 Å². The maximum atomic E-state index is 11.8. The van der Waals surface area contributed by atoms with Crippen LogP contribution < -0.4 is 0 Å². The molecule has 0 aliphatic rings. The Bertz CT molecular complexity index is 769. The SMILES string of the molecule is C=CCC(Cn1cc(I)c2c(Cl)ncnc21)N(C(=O)O)C(C)(C)C. The van der Waals surface area contributed by atoms with Gasteiger partial charge in [0.1, 0.15) is 17.1 Å². The summed E-state index contributed by atoms with van der Waals surface area (Å²) in [6.07, 6.45) is 4.67. The van der Waals surface area contributed by atoms with E-state index >= 15 is 0 Å². The van der Waals surface area contributed by atoms with Crippen molar-refractivity contribution in [1.82, 2.24) is 19.4 Å². The average molecular weight is 463 g/mol. The Labute approximate surface area is 159 Å². The van der Waals surface area contributed by atoms with E-state index in [0.29, 0.717) is 23.8 Å². The van der Waals surface area contributed by atoms with Gasteiger partial charge in [0.05, 0.1) is 11.4 Å². The van der Waals surface area contributed by atoms with Crippen LogP contribution in [0.2, 0.25) is 5.15 Å². The summed E-state index contributed by atoms with van der Waals surface area (Å²) in [5.41, 5.74) is 0.176. The summed E-state index contributed by atoms with van der Waals surface area (Å²) >= 11 is 8.35. The number of nitrogens with zero attached hydrogens (tertiary/aromatic N) is 4. The lowest BCUT2D eigenvalue weighted by Crippen LogP contribution is -2.52. The normalized spacial score (nSPS) is 13.0. The number of aromatic nitrogens is 3. The molecule has 0 spiro atoms. The van der Waals surface area contributed by atoms with Gasteiger partial charge in [0.15, 0.2) is 0 Å². The molecule has 130 valence electrons. The zero-order valence-electron chi connectivity index (χ0n) is 13.8. The molecule has 0 aliphatic carbocycles. The topological polar surface area (TPSA) is 71.2 Å². The first kappa shape index (κ1) is 19.0. The molecule has 1 unspecified atom stereocenters. The van der Waals surface area contributed by atoms with E-state index in [1.54, 1.807) is 6.08 Å². The number of halogens is 2. The van der Waals surface area contributed by atoms with E-state index in [1.807, 2.05) is 31.5 Å². The summed E-state index contributed by atoms with van der Waals surface area (Å²) in [5, 5.41) is 10.9. The van der Waals surface area contributed by atoms with Crippen molar-refractivity contribution in [2.24, 2.45) is 0 Å². The Morgan fingerprint density at radius 2 is 2.21 bits per heavy atom. The van der Waals surface area contributed by atoms with Crippen molar-refractivity contribution in [2.45, 2.75) is 45.3 Å². The molecule has 6 nitrogen and oxygen atoms in total. The Hall–Kier alpha value is -1.35. The highest BCUT2D eigenvalue weighted by molar-refractivity contribution is 14.1. The van der Waals surface area contributed by atoms with Crippen LogP contribution in [-0.4, -0.2) is 42.2 Å². The monoisotopic (exact) mass is 462 g/mol. The van der Waals surface area contributed by atoms with Gasteiger partial charge in [-0.25, -0.2) is 14.8 Å². The Morgan fingerprint density at radius 1 is 1.54 bits per heavy atom. The third kappa shape index (κ3) is 3.83. The standard InChI is InChI=1S/C16H20ClIN4O2/c1-5-6-10(22(15(23)24)16(2,3)4)7-21-8-11(18)12-13(17)19-9-20-14(12)21/h5,8-10H,1,6-7H2,2-4H3,(H,23,24). The molecule has 2 heterocycles. The maximum absolute atomic E-state index is 11.8. The minimum atomic E-state index is -0.951. The first-order chi connectivity index (χ1) is 11.2. The average Bonchev–Trinajstić information content (AvgIpc) is 2.75. The van der Waals surface area contributed by atoms with Gasteiger partial charge in [0.25, 0.3) is 0 Å². The molecule has 2 aromatic heterocycles. The minimum absolute atomic E-state index is 0.264. The number of fused-ring (bicyclic) bond motifs is 1. The third-order valence-electron chi connectivity index (χ3n) is 3.70. The van der Waals surface area contributed by atoms with Crippen LogP contribution in [0.5, 0.6) is 0 Å². The van der Waals surface area contributed by atoms with Gasteiger partial charge in [0.2, 0.25) is 0 Å². The number of hydrogen-bond donors (Lipinski definition) is 1. The summed E-state index contributed by atoms with van der Waals surface area (Å²) < 4.78 is 2.86. The van der Waals surface area contributed by atoms with Crippen molar-refractivity contribution in [3.8, 4) is 0 Å². The molecule has 0 saturated heterocycles. The van der Waals surface area contributed by atoms with Crippen molar-refractivity contribution in [3.63, 3.8) is 0 Å². The summed E-state index contributed by atoms with van der Waals surface area (Å²) in [5.74, 6) is 0. The Morgan fingerprint density at radius 3 is 2.75 bits per heavy atom. The second kappa shape index (κ2) is 7.26. The second-order valence-electron chi connectivity index (χ2n) is 6.49. The van der Waals surface area contributed by atoms with Crippen LogP contribution in [0.25, 0.3) is 11.0 Å². The van der Waals surface area contributed by atoms with Gasteiger partial charge < -0.3 is 9.67 Å². The molecule has 1 N–H and O–H groups in total. The molecule has 0 aromatic carbocycles. The molecular formula is C16H20ClIN4O2. The lowest BCUT2D eigenvalue weighted by molar-refractivity contribution is 0.0653. The van der Waals surface area contributed by atoms with Gasteiger partial charge in [-0.1, -0.05) is 17.7 Å². The number of rotatable bonds is 5. The first-order valence-electron chi connectivity index (χ1n) is 7.44. The second-order valence-corrected chi connectivity index (χ2v) is 8.01. The minimum Gasteiger partial charge on any atom is -0.465 e. The lowest BCUT2D eigenvalue weighted by atomic mass is 10.0. The molecule has 0 bridgehead atoms. The molecule has 0 fully saturated rings. The molecule has 2 aromatic rings. The highest BCUT2D eigenvalue weighted by atomic mass is 127. The number of hydrogen-bond acceptors (Lipinski definition) is 3. The summed E-state index contributed by atoms with van der Waals surface area (Å²) in [4.78, 5) is 21.6. The van der Waals surface area contributed by atoms with E-state index < -0.39 is 11.6 Å². The van der Waals surface area contributed by atoms with Crippen molar-refractivity contribution < 1.29 is 9.90 Å². The third-order valence-corrected chi connectivity index (χ3v) is 4.81. The summed E-state index contributed by atoms with van der Waals surface area (Å²) in [7, 11) is 0. The molecule has 2 rings (SSSR count). The summed E-state index contributed by atoms with van der Waals surface area (Å²) in [6, 6.07) is -0.264. The van der Waals surface area contributed by atoms with E-state index in [9.17, 15) is 9.90 Å². The zero-order chi connectivity index (χ0) is 18.1. The predicted molar refractivity (Wildman–Crippen MR) is 103 cm³/mol. The molecule has 0 aliphatic heterocycles. The van der Waals surface area contributed by atoms with Gasteiger partial charge >= 0.3 is 6.09 Å². The fraction of sp³-hybridized carbons (Fsp3) is 0.438. The van der Waals surface area contributed by atoms with E-state index in [2.05, 4.69) is 39.1 Å². The Kier molecular flexibility index (Phi) is 5.74. The molecule has 1 atom stereocenters. The van der Waals surface area contributed by atoms with Gasteiger partial charge in [0, 0.05) is 21.9 Å². The molecule has 8 heteroatoms. The van der Waals surface area contributed by atoms with E-state index in [-0.39, 0.29) is 6.04 Å². The fourth-order valence-corrected chi connectivity index (χ4v) is 4.07. The molecule has 24 heavy (non-hydrogen) atoms. The van der Waals surface area contributed by atoms with Crippen LogP contribution in [0.4, 0.5) is 4.79 Å². The molecule has 1 amide bonds. The van der Waals surface area contributed by atoms with Gasteiger partial charge in [-0.15, -0.1) is 6.58 Å². The van der Waals surface area contributed by atoms with Gasteiger partial charge in [-0.3, -0.25) is 4.90 Å². The first-order valence-corrected chi connectivity index (χ1v) is 8.90. The lowest BCUT2D eigenvalue weighted by Gasteiger charge is -2.39. The van der Waals surface area contributed by atoms with Crippen molar-refractivity contribution in [2.75, 3.05) is 0 Å². The molecule has 0 radical (unpaired) electrons.